The van der Waals surface area contributed by atoms with Gasteiger partial charge in [0.25, 0.3) is 0 Å². The summed E-state index contributed by atoms with van der Waals surface area (Å²) in [6, 6.07) is 0. The number of ether oxygens (including phenoxy) is 2. The zero-order valence-corrected chi connectivity index (χ0v) is 9.91. The van der Waals surface area contributed by atoms with Crippen LogP contribution in [-0.4, -0.2) is 31.1 Å². The lowest BCUT2D eigenvalue weighted by Gasteiger charge is -2.35. The lowest BCUT2D eigenvalue weighted by Crippen LogP contribution is -2.34. The molecule has 4 nitrogen and oxygen atoms in total. The molecule has 0 aromatic heterocycles. The molecule has 0 aromatic carbocycles. The van der Waals surface area contributed by atoms with Gasteiger partial charge in [0.05, 0.1) is 11.6 Å². The van der Waals surface area contributed by atoms with Gasteiger partial charge in [-0.3, -0.25) is 0 Å². The van der Waals surface area contributed by atoms with Gasteiger partial charge >= 0.3 is 0 Å². The Bertz CT molecular complexity index is 241. The van der Waals surface area contributed by atoms with Crippen LogP contribution in [-0.2, 0) is 14.3 Å². The molecule has 91 valence electrons. The first-order valence-electron chi connectivity index (χ1n) is 5.84. The number of carbonyl (C=O) groups excluding carboxylic acids is 1. The lowest BCUT2D eigenvalue weighted by molar-refractivity contribution is -0.0965. The highest BCUT2D eigenvalue weighted by atomic mass is 16.7. The van der Waals surface area contributed by atoms with Crippen LogP contribution >= 0.6 is 0 Å². The van der Waals surface area contributed by atoms with Crippen molar-refractivity contribution in [1.82, 2.24) is 0 Å². The summed E-state index contributed by atoms with van der Waals surface area (Å²) in [5.74, 6) is 0. The summed E-state index contributed by atoms with van der Waals surface area (Å²) in [6.45, 7) is 6.37. The molecule has 0 bridgehead atoms. The van der Waals surface area contributed by atoms with E-state index >= 15 is 0 Å². The highest BCUT2D eigenvalue weighted by Gasteiger charge is 2.33. The molecule has 0 amide bonds. The SMILES string of the molecule is [CH2]COCOC1CCC(CC)(N=C=O)CC1. The van der Waals surface area contributed by atoms with Crippen molar-refractivity contribution in [1.29, 1.82) is 0 Å². The third-order valence-corrected chi connectivity index (χ3v) is 3.34. The van der Waals surface area contributed by atoms with Gasteiger partial charge in [-0.1, -0.05) is 6.92 Å². The molecule has 0 heterocycles. The molecule has 0 aliphatic heterocycles. The molecule has 1 saturated carbocycles. The lowest BCUT2D eigenvalue weighted by atomic mass is 9.79. The minimum absolute atomic E-state index is 0.186. The third-order valence-electron chi connectivity index (χ3n) is 3.34. The van der Waals surface area contributed by atoms with E-state index in [1.165, 1.54) is 0 Å². The van der Waals surface area contributed by atoms with Gasteiger partial charge in [-0.2, -0.15) is 4.99 Å². The minimum atomic E-state index is -0.186. The van der Waals surface area contributed by atoms with Crippen LogP contribution in [0.3, 0.4) is 0 Å². The van der Waals surface area contributed by atoms with Gasteiger partial charge in [0.1, 0.15) is 6.79 Å². The van der Waals surface area contributed by atoms with E-state index in [0.29, 0.717) is 13.4 Å². The van der Waals surface area contributed by atoms with E-state index < -0.39 is 0 Å². The van der Waals surface area contributed by atoms with E-state index in [0.717, 1.165) is 32.1 Å². The van der Waals surface area contributed by atoms with Crippen LogP contribution in [0.15, 0.2) is 4.99 Å². The zero-order valence-electron chi connectivity index (χ0n) is 9.91. The standard InChI is InChI=1S/C12H20NO3/c1-3-12(13-9-14)7-5-11(6-8-12)16-10-15-4-2/h11H,2-8,10H2,1H3. The second-order valence-electron chi connectivity index (χ2n) is 4.17. The topological polar surface area (TPSA) is 47.9 Å². The molecule has 0 N–H and O–H groups in total. The van der Waals surface area contributed by atoms with Crippen LogP contribution in [0.1, 0.15) is 39.0 Å². The van der Waals surface area contributed by atoms with Gasteiger partial charge in [-0.05, 0) is 39.0 Å². The largest absolute Gasteiger partial charge is 0.355 e. The van der Waals surface area contributed by atoms with Crippen LogP contribution < -0.4 is 0 Å². The van der Waals surface area contributed by atoms with Crippen LogP contribution in [0, 0.1) is 6.92 Å². The van der Waals surface area contributed by atoms with E-state index in [1.54, 1.807) is 6.08 Å². The van der Waals surface area contributed by atoms with Crippen LogP contribution in [0.4, 0.5) is 0 Å². The molecule has 1 radical (unpaired) electrons. The fourth-order valence-electron chi connectivity index (χ4n) is 2.14. The van der Waals surface area contributed by atoms with Crippen molar-refractivity contribution >= 4 is 6.08 Å². The fraction of sp³-hybridized carbons (Fsp3) is 0.833. The monoisotopic (exact) mass is 226 g/mol. The molecule has 1 rings (SSSR count). The summed E-state index contributed by atoms with van der Waals surface area (Å²) >= 11 is 0. The average Bonchev–Trinajstić information content (AvgIpc) is 2.32. The molecule has 1 aliphatic rings. The predicted octanol–water partition coefficient (Wildman–Crippen LogP) is 2.24. The van der Waals surface area contributed by atoms with Gasteiger partial charge in [0, 0.05) is 6.61 Å². The van der Waals surface area contributed by atoms with E-state index in [4.69, 9.17) is 9.47 Å². The highest BCUT2D eigenvalue weighted by Crippen LogP contribution is 2.35. The molecular weight excluding hydrogens is 206 g/mol. The molecule has 0 spiro atoms. The van der Waals surface area contributed by atoms with Gasteiger partial charge in [0.15, 0.2) is 0 Å². The Morgan fingerprint density at radius 2 is 2.19 bits per heavy atom. The molecule has 0 unspecified atom stereocenters. The van der Waals surface area contributed by atoms with Gasteiger partial charge < -0.3 is 9.47 Å². The zero-order chi connectivity index (χ0) is 11.9. The maximum Gasteiger partial charge on any atom is 0.235 e. The minimum Gasteiger partial charge on any atom is -0.355 e. The van der Waals surface area contributed by atoms with E-state index in [-0.39, 0.29) is 11.6 Å². The Balaban J connectivity index is 2.34. The molecular formula is C12H20NO3. The van der Waals surface area contributed by atoms with Crippen LogP contribution in [0.2, 0.25) is 0 Å². The first-order valence-corrected chi connectivity index (χ1v) is 5.84. The Kier molecular flexibility index (Phi) is 5.67. The normalized spacial score (nSPS) is 29.8. The number of isocyanates is 1. The summed E-state index contributed by atoms with van der Waals surface area (Å²) in [4.78, 5) is 14.3. The van der Waals surface area contributed by atoms with Crippen molar-refractivity contribution in [2.75, 3.05) is 13.4 Å². The summed E-state index contributed by atoms with van der Waals surface area (Å²) < 4.78 is 10.6. The second-order valence-corrected chi connectivity index (χ2v) is 4.17. The Morgan fingerprint density at radius 3 is 2.69 bits per heavy atom. The summed E-state index contributed by atoms with van der Waals surface area (Å²) in [5.41, 5.74) is -0.186. The number of hydrogen-bond donors (Lipinski definition) is 0. The smallest absolute Gasteiger partial charge is 0.235 e. The number of rotatable bonds is 6. The highest BCUT2D eigenvalue weighted by molar-refractivity contribution is 5.35. The molecule has 1 fully saturated rings. The Hall–Kier alpha value is -0.700. The van der Waals surface area contributed by atoms with Crippen molar-refractivity contribution in [3.8, 4) is 0 Å². The quantitative estimate of drug-likeness (QED) is 0.302. The van der Waals surface area contributed by atoms with Gasteiger partial charge in [-0.25, -0.2) is 4.79 Å². The van der Waals surface area contributed by atoms with Crippen LogP contribution in [0.25, 0.3) is 0 Å². The average molecular weight is 226 g/mol. The number of nitrogens with zero attached hydrogens (tertiary/aromatic N) is 1. The first kappa shape index (κ1) is 13.4. The maximum absolute atomic E-state index is 10.4. The number of hydrogen-bond acceptors (Lipinski definition) is 4. The molecule has 0 atom stereocenters. The van der Waals surface area contributed by atoms with Gasteiger partial charge in [0.2, 0.25) is 6.08 Å². The Labute approximate surface area is 97.0 Å². The molecule has 0 aromatic rings. The first-order chi connectivity index (χ1) is 7.76. The number of aliphatic imine (C=N–C) groups is 1. The van der Waals surface area contributed by atoms with Crippen molar-refractivity contribution in [2.45, 2.75) is 50.7 Å². The van der Waals surface area contributed by atoms with Crippen molar-refractivity contribution in [3.63, 3.8) is 0 Å². The van der Waals surface area contributed by atoms with E-state index in [1.807, 2.05) is 0 Å². The van der Waals surface area contributed by atoms with Crippen LogP contribution in [0.5, 0.6) is 0 Å². The second kappa shape index (κ2) is 6.79. The van der Waals surface area contributed by atoms with Crippen molar-refractivity contribution in [2.24, 2.45) is 4.99 Å². The van der Waals surface area contributed by atoms with Crippen molar-refractivity contribution < 1.29 is 14.3 Å². The summed E-state index contributed by atoms with van der Waals surface area (Å²) in [6.07, 6.45) is 6.47. The van der Waals surface area contributed by atoms with Gasteiger partial charge in [-0.15, -0.1) is 0 Å². The molecule has 16 heavy (non-hydrogen) atoms. The molecule has 4 heteroatoms. The Morgan fingerprint density at radius 1 is 1.50 bits per heavy atom. The fourth-order valence-corrected chi connectivity index (χ4v) is 2.14. The molecule has 1 aliphatic carbocycles. The van der Waals surface area contributed by atoms with E-state index in [9.17, 15) is 4.79 Å². The third kappa shape index (κ3) is 3.71. The predicted molar refractivity (Wildman–Crippen MR) is 60.7 cm³/mol. The van der Waals surface area contributed by atoms with Crippen molar-refractivity contribution in [3.05, 3.63) is 6.92 Å². The summed E-state index contributed by atoms with van der Waals surface area (Å²) in [5, 5.41) is 0. The maximum atomic E-state index is 10.4. The summed E-state index contributed by atoms with van der Waals surface area (Å²) in [7, 11) is 0. The van der Waals surface area contributed by atoms with E-state index in [2.05, 4.69) is 18.8 Å². The molecule has 0 saturated heterocycles.